The molecule has 14 heavy (non-hydrogen) atoms. The monoisotopic (exact) mass is 298 g/mol. The van der Waals surface area contributed by atoms with Gasteiger partial charge in [0, 0.05) is 3.42 Å². The predicted molar refractivity (Wildman–Crippen MR) is 67.9 cm³/mol. The maximum Gasteiger partial charge on any atom is 0.0238 e. The van der Waals surface area contributed by atoms with Crippen molar-refractivity contribution in [3.63, 3.8) is 0 Å². The standard InChI is InChI=1S/C13H15I/c1-10-3-2-4-11(5-10)6-12-7-13(14,8-12)9-12/h2-5H,6-9H2,1H3. The molecule has 0 amide bonds. The predicted octanol–water partition coefficient (Wildman–Crippen LogP) is 3.90. The van der Waals surface area contributed by atoms with Crippen molar-refractivity contribution in [2.75, 3.05) is 0 Å². The maximum atomic E-state index is 2.65. The van der Waals surface area contributed by atoms with Crippen LogP contribution in [0.5, 0.6) is 0 Å². The van der Waals surface area contributed by atoms with Gasteiger partial charge in [0.1, 0.15) is 0 Å². The molecular weight excluding hydrogens is 283 g/mol. The molecule has 2 bridgehead atoms. The number of hydrogen-bond donors (Lipinski definition) is 0. The molecule has 0 saturated heterocycles. The lowest BCUT2D eigenvalue weighted by atomic mass is 9.43. The molecule has 0 unspecified atom stereocenters. The van der Waals surface area contributed by atoms with E-state index in [9.17, 15) is 0 Å². The first-order valence-electron chi connectivity index (χ1n) is 5.34. The average molecular weight is 298 g/mol. The zero-order valence-electron chi connectivity index (χ0n) is 8.52. The maximum absolute atomic E-state index is 2.65. The molecular formula is C13H15I. The number of benzene rings is 1. The quantitative estimate of drug-likeness (QED) is 0.574. The van der Waals surface area contributed by atoms with Gasteiger partial charge in [-0.25, -0.2) is 0 Å². The number of halogens is 1. The summed E-state index contributed by atoms with van der Waals surface area (Å²) in [5, 5.41) is 0. The molecule has 4 rings (SSSR count). The highest BCUT2D eigenvalue weighted by Gasteiger charge is 2.65. The van der Waals surface area contributed by atoms with E-state index >= 15 is 0 Å². The van der Waals surface area contributed by atoms with E-state index in [0.29, 0.717) is 0 Å². The number of hydrogen-bond acceptors (Lipinski definition) is 0. The third kappa shape index (κ3) is 1.32. The van der Waals surface area contributed by atoms with E-state index in [4.69, 9.17) is 0 Å². The Morgan fingerprint density at radius 1 is 1.29 bits per heavy atom. The molecule has 0 aromatic heterocycles. The summed E-state index contributed by atoms with van der Waals surface area (Å²) >= 11 is 2.65. The molecule has 1 aromatic rings. The SMILES string of the molecule is Cc1cccc(CC23CC(I)(C2)C3)c1. The Kier molecular flexibility index (Phi) is 1.80. The number of rotatable bonds is 2. The van der Waals surface area contributed by atoms with Gasteiger partial charge in [-0.3, -0.25) is 0 Å². The Labute approximate surface area is 99.2 Å². The van der Waals surface area contributed by atoms with Gasteiger partial charge in [-0.05, 0) is 43.6 Å². The Bertz CT molecular complexity index is 361. The minimum atomic E-state index is 0.717. The third-order valence-corrected chi connectivity index (χ3v) is 4.88. The van der Waals surface area contributed by atoms with Gasteiger partial charge in [0.2, 0.25) is 0 Å². The fourth-order valence-corrected chi connectivity index (χ4v) is 5.73. The molecule has 0 aliphatic heterocycles. The first-order valence-corrected chi connectivity index (χ1v) is 6.42. The molecule has 0 spiro atoms. The lowest BCUT2D eigenvalue weighted by molar-refractivity contribution is -0.0614. The molecule has 3 aliphatic carbocycles. The lowest BCUT2D eigenvalue weighted by Crippen LogP contribution is -2.63. The second-order valence-electron chi connectivity index (χ2n) is 5.35. The van der Waals surface area contributed by atoms with Crippen molar-refractivity contribution >= 4 is 22.6 Å². The molecule has 0 heterocycles. The summed E-state index contributed by atoms with van der Waals surface area (Å²) in [6.45, 7) is 2.19. The first kappa shape index (κ1) is 9.20. The number of alkyl halides is 1. The van der Waals surface area contributed by atoms with Crippen molar-refractivity contribution in [2.24, 2.45) is 5.41 Å². The van der Waals surface area contributed by atoms with E-state index in [1.807, 2.05) is 0 Å². The average Bonchev–Trinajstić information content (AvgIpc) is 1.99. The Morgan fingerprint density at radius 3 is 2.57 bits per heavy atom. The van der Waals surface area contributed by atoms with Gasteiger partial charge in [-0.2, -0.15) is 0 Å². The van der Waals surface area contributed by atoms with Crippen LogP contribution in [0.2, 0.25) is 0 Å². The Hall–Kier alpha value is -0.0500. The summed E-state index contributed by atoms with van der Waals surface area (Å²) in [5.74, 6) is 0. The molecule has 3 aliphatic rings. The van der Waals surface area contributed by atoms with Crippen LogP contribution in [0, 0.1) is 12.3 Å². The summed E-state index contributed by atoms with van der Waals surface area (Å²) < 4.78 is 0.724. The molecule has 1 aromatic carbocycles. The summed E-state index contributed by atoms with van der Waals surface area (Å²) in [5.41, 5.74) is 3.66. The second kappa shape index (κ2) is 2.75. The topological polar surface area (TPSA) is 0 Å². The first-order chi connectivity index (χ1) is 6.59. The summed E-state index contributed by atoms with van der Waals surface area (Å²) in [6, 6.07) is 9.01. The lowest BCUT2D eigenvalue weighted by Gasteiger charge is -2.68. The van der Waals surface area contributed by atoms with E-state index in [1.54, 1.807) is 5.56 Å². The van der Waals surface area contributed by atoms with Gasteiger partial charge in [0.05, 0.1) is 0 Å². The van der Waals surface area contributed by atoms with Crippen molar-refractivity contribution in [3.8, 4) is 0 Å². The van der Waals surface area contributed by atoms with Crippen LogP contribution in [0.15, 0.2) is 24.3 Å². The van der Waals surface area contributed by atoms with Gasteiger partial charge >= 0.3 is 0 Å². The van der Waals surface area contributed by atoms with Crippen molar-refractivity contribution in [3.05, 3.63) is 35.4 Å². The summed E-state index contributed by atoms with van der Waals surface area (Å²) in [7, 11) is 0. The second-order valence-corrected chi connectivity index (χ2v) is 7.64. The van der Waals surface area contributed by atoms with E-state index in [0.717, 1.165) is 8.84 Å². The van der Waals surface area contributed by atoms with E-state index in [-0.39, 0.29) is 0 Å². The van der Waals surface area contributed by atoms with E-state index in [1.165, 1.54) is 31.2 Å². The van der Waals surface area contributed by atoms with Crippen LogP contribution in [-0.4, -0.2) is 3.42 Å². The Balaban J connectivity index is 1.74. The van der Waals surface area contributed by atoms with Gasteiger partial charge in [-0.15, -0.1) is 0 Å². The largest absolute Gasteiger partial charge is 0.0788 e. The van der Waals surface area contributed by atoms with E-state index in [2.05, 4.69) is 53.8 Å². The van der Waals surface area contributed by atoms with Crippen LogP contribution in [-0.2, 0) is 6.42 Å². The van der Waals surface area contributed by atoms with Crippen LogP contribution in [0.4, 0.5) is 0 Å². The molecule has 74 valence electrons. The van der Waals surface area contributed by atoms with Gasteiger partial charge in [0.15, 0.2) is 0 Å². The van der Waals surface area contributed by atoms with E-state index < -0.39 is 0 Å². The minimum Gasteiger partial charge on any atom is -0.0788 e. The molecule has 3 fully saturated rings. The highest BCUT2D eigenvalue weighted by molar-refractivity contribution is 14.1. The Morgan fingerprint density at radius 2 is 2.00 bits per heavy atom. The molecule has 0 nitrogen and oxygen atoms in total. The normalized spacial score (nSPS) is 38.7. The van der Waals surface area contributed by atoms with Crippen LogP contribution in [0.25, 0.3) is 0 Å². The fourth-order valence-electron chi connectivity index (χ4n) is 3.30. The van der Waals surface area contributed by atoms with Gasteiger partial charge in [-0.1, -0.05) is 52.4 Å². The zero-order valence-corrected chi connectivity index (χ0v) is 10.7. The fraction of sp³-hybridized carbons (Fsp3) is 0.538. The zero-order chi connectivity index (χ0) is 9.81. The van der Waals surface area contributed by atoms with Crippen molar-refractivity contribution in [2.45, 2.75) is 36.0 Å². The molecule has 0 radical (unpaired) electrons. The van der Waals surface area contributed by atoms with Crippen LogP contribution in [0.1, 0.15) is 30.4 Å². The van der Waals surface area contributed by atoms with Gasteiger partial charge in [0.25, 0.3) is 0 Å². The smallest absolute Gasteiger partial charge is 0.0238 e. The molecule has 0 atom stereocenters. The summed E-state index contributed by atoms with van der Waals surface area (Å²) in [4.78, 5) is 0. The molecule has 1 heteroatoms. The van der Waals surface area contributed by atoms with Crippen molar-refractivity contribution in [1.29, 1.82) is 0 Å². The minimum absolute atomic E-state index is 0.717. The van der Waals surface area contributed by atoms with Gasteiger partial charge < -0.3 is 0 Å². The van der Waals surface area contributed by atoms with Crippen molar-refractivity contribution in [1.82, 2.24) is 0 Å². The number of aryl methyl sites for hydroxylation is 1. The van der Waals surface area contributed by atoms with Crippen molar-refractivity contribution < 1.29 is 0 Å². The van der Waals surface area contributed by atoms with Crippen LogP contribution >= 0.6 is 22.6 Å². The summed E-state index contributed by atoms with van der Waals surface area (Å²) in [6.07, 6.45) is 5.72. The highest BCUT2D eigenvalue weighted by atomic mass is 127. The molecule has 0 N–H and O–H groups in total. The van der Waals surface area contributed by atoms with Crippen LogP contribution in [0.3, 0.4) is 0 Å². The third-order valence-electron chi connectivity index (χ3n) is 3.74. The van der Waals surface area contributed by atoms with Crippen LogP contribution < -0.4 is 0 Å². The molecule has 3 saturated carbocycles. The highest BCUT2D eigenvalue weighted by Crippen LogP contribution is 2.72.